The summed E-state index contributed by atoms with van der Waals surface area (Å²) in [7, 11) is 0. The van der Waals surface area contributed by atoms with Crippen LogP contribution >= 0.6 is 11.3 Å². The maximum Gasteiger partial charge on any atom is 0.304 e. The highest BCUT2D eigenvalue weighted by atomic mass is 32.1. The number of aromatic nitrogens is 3. The van der Waals surface area contributed by atoms with Gasteiger partial charge in [0.15, 0.2) is 0 Å². The highest BCUT2D eigenvalue weighted by molar-refractivity contribution is 7.07. The maximum atomic E-state index is 11.0. The van der Waals surface area contributed by atoms with Crippen LogP contribution in [-0.4, -0.2) is 15.0 Å². The molecule has 1 aliphatic rings. The summed E-state index contributed by atoms with van der Waals surface area (Å²) in [6, 6.07) is 0. The number of nitrogens with one attached hydrogen (secondary N) is 1. The first kappa shape index (κ1) is 8.79. The van der Waals surface area contributed by atoms with E-state index < -0.39 is 0 Å². The van der Waals surface area contributed by atoms with Crippen LogP contribution < -0.4 is 4.87 Å². The van der Waals surface area contributed by atoms with Gasteiger partial charge >= 0.3 is 4.87 Å². The average Bonchev–Trinajstić information content (AvgIpc) is 3.02. The molecule has 0 aliphatic heterocycles. The second-order valence-electron chi connectivity index (χ2n) is 3.67. The van der Waals surface area contributed by atoms with E-state index in [1.54, 1.807) is 17.8 Å². The summed E-state index contributed by atoms with van der Waals surface area (Å²) in [6.45, 7) is 0. The van der Waals surface area contributed by atoms with Gasteiger partial charge in [0.2, 0.25) is 0 Å². The highest BCUT2D eigenvalue weighted by Gasteiger charge is 2.26. The number of hydrogen-bond donors (Lipinski definition) is 1. The van der Waals surface area contributed by atoms with Gasteiger partial charge in [-0.05, 0) is 12.8 Å². The molecule has 0 saturated heterocycles. The van der Waals surface area contributed by atoms with E-state index in [4.69, 9.17) is 0 Å². The van der Waals surface area contributed by atoms with Crippen molar-refractivity contribution in [2.24, 2.45) is 0 Å². The van der Waals surface area contributed by atoms with Gasteiger partial charge in [0, 0.05) is 29.3 Å². The maximum absolute atomic E-state index is 11.0. The lowest BCUT2D eigenvalue weighted by Gasteiger charge is -1.98. The minimum atomic E-state index is -0.0451. The lowest BCUT2D eigenvalue weighted by Crippen LogP contribution is -1.95. The standard InChI is InChI=1S/C10H9N3OS/c14-10-13-8(5-15-10)7-3-11-9(12-4-7)6-1-2-6/h3-6H,1-2H2,(H,13,14). The fourth-order valence-electron chi connectivity index (χ4n) is 1.45. The van der Waals surface area contributed by atoms with E-state index in [0.29, 0.717) is 5.92 Å². The van der Waals surface area contributed by atoms with Crippen molar-refractivity contribution in [2.45, 2.75) is 18.8 Å². The second-order valence-corrected chi connectivity index (χ2v) is 4.51. The Morgan fingerprint density at radius 2 is 2.07 bits per heavy atom. The van der Waals surface area contributed by atoms with Crippen LogP contribution in [0, 0.1) is 0 Å². The topological polar surface area (TPSA) is 58.6 Å². The molecule has 2 aromatic rings. The van der Waals surface area contributed by atoms with Crippen LogP contribution in [0.1, 0.15) is 24.6 Å². The molecule has 1 N–H and O–H groups in total. The zero-order valence-electron chi connectivity index (χ0n) is 7.93. The largest absolute Gasteiger partial charge is 0.312 e. The molecular formula is C10H9N3OS. The summed E-state index contributed by atoms with van der Waals surface area (Å²) in [5, 5.41) is 1.79. The fourth-order valence-corrected chi connectivity index (χ4v) is 2.04. The number of H-pyrrole nitrogens is 1. The lowest BCUT2D eigenvalue weighted by molar-refractivity contribution is 0.927. The first-order valence-corrected chi connectivity index (χ1v) is 5.71. The van der Waals surface area contributed by atoms with E-state index in [-0.39, 0.29) is 4.87 Å². The molecule has 3 rings (SSSR count). The third-order valence-electron chi connectivity index (χ3n) is 2.45. The Balaban J connectivity index is 1.95. The smallest absolute Gasteiger partial charge is 0.304 e. The Labute approximate surface area is 90.0 Å². The normalized spacial score (nSPS) is 15.5. The van der Waals surface area contributed by atoms with Gasteiger partial charge in [0.1, 0.15) is 5.82 Å². The zero-order chi connectivity index (χ0) is 10.3. The Morgan fingerprint density at radius 3 is 2.60 bits per heavy atom. The van der Waals surface area contributed by atoms with Crippen molar-refractivity contribution in [1.82, 2.24) is 15.0 Å². The summed E-state index contributed by atoms with van der Waals surface area (Å²) in [6.07, 6.45) is 5.96. The molecule has 0 atom stereocenters. The van der Waals surface area contributed by atoms with Crippen LogP contribution in [0.3, 0.4) is 0 Å². The monoisotopic (exact) mass is 219 g/mol. The third kappa shape index (κ3) is 1.70. The van der Waals surface area contributed by atoms with Gasteiger partial charge in [-0.3, -0.25) is 4.79 Å². The number of hydrogen-bond acceptors (Lipinski definition) is 4. The molecule has 0 radical (unpaired) electrons. The summed E-state index contributed by atoms with van der Waals surface area (Å²) in [4.78, 5) is 22.3. The van der Waals surface area contributed by atoms with E-state index in [2.05, 4.69) is 15.0 Å². The van der Waals surface area contributed by atoms with Gasteiger partial charge in [-0.25, -0.2) is 9.97 Å². The first-order chi connectivity index (χ1) is 7.33. The number of aromatic amines is 1. The van der Waals surface area contributed by atoms with Crippen molar-refractivity contribution in [3.63, 3.8) is 0 Å². The summed E-state index contributed by atoms with van der Waals surface area (Å²) in [5.74, 6) is 1.50. The summed E-state index contributed by atoms with van der Waals surface area (Å²) in [5.41, 5.74) is 1.67. The first-order valence-electron chi connectivity index (χ1n) is 4.83. The van der Waals surface area contributed by atoms with Crippen molar-refractivity contribution in [3.8, 4) is 11.3 Å². The van der Waals surface area contributed by atoms with E-state index in [9.17, 15) is 4.79 Å². The van der Waals surface area contributed by atoms with Crippen molar-refractivity contribution < 1.29 is 0 Å². The number of nitrogens with zero attached hydrogens (tertiary/aromatic N) is 2. The van der Waals surface area contributed by atoms with Crippen molar-refractivity contribution in [3.05, 3.63) is 33.3 Å². The molecule has 15 heavy (non-hydrogen) atoms. The predicted octanol–water partition coefficient (Wildman–Crippen LogP) is 1.77. The van der Waals surface area contributed by atoms with E-state index >= 15 is 0 Å². The molecule has 5 heteroatoms. The molecule has 1 fully saturated rings. The van der Waals surface area contributed by atoms with Gasteiger partial charge in [-0.2, -0.15) is 0 Å². The van der Waals surface area contributed by atoms with Crippen LogP contribution in [-0.2, 0) is 0 Å². The minimum absolute atomic E-state index is 0.0451. The highest BCUT2D eigenvalue weighted by Crippen LogP contribution is 2.37. The van der Waals surface area contributed by atoms with Crippen LogP contribution in [0.15, 0.2) is 22.6 Å². The lowest BCUT2D eigenvalue weighted by atomic mass is 10.2. The van der Waals surface area contributed by atoms with Crippen LogP contribution in [0.4, 0.5) is 0 Å². The number of thiazole rings is 1. The molecule has 1 saturated carbocycles. The average molecular weight is 219 g/mol. The Hall–Kier alpha value is -1.49. The molecule has 0 amide bonds. The Bertz CT molecular complexity index is 524. The summed E-state index contributed by atoms with van der Waals surface area (Å²) < 4.78 is 0. The van der Waals surface area contributed by atoms with Crippen molar-refractivity contribution >= 4 is 11.3 Å². The molecule has 2 heterocycles. The molecule has 0 unspecified atom stereocenters. The van der Waals surface area contributed by atoms with Crippen LogP contribution in [0.5, 0.6) is 0 Å². The van der Waals surface area contributed by atoms with E-state index in [1.165, 1.54) is 12.8 Å². The fraction of sp³-hybridized carbons (Fsp3) is 0.300. The minimum Gasteiger partial charge on any atom is -0.312 e. The summed E-state index contributed by atoms with van der Waals surface area (Å²) >= 11 is 1.16. The van der Waals surface area contributed by atoms with Gasteiger partial charge in [-0.15, -0.1) is 0 Å². The van der Waals surface area contributed by atoms with Crippen LogP contribution in [0.25, 0.3) is 11.3 Å². The molecule has 4 nitrogen and oxygen atoms in total. The van der Waals surface area contributed by atoms with Gasteiger partial charge in [-0.1, -0.05) is 11.3 Å². The van der Waals surface area contributed by atoms with Gasteiger partial charge in [0.05, 0.1) is 5.69 Å². The SMILES string of the molecule is O=c1[nH]c(-c2cnc(C3CC3)nc2)cs1. The molecule has 0 aromatic carbocycles. The van der Waals surface area contributed by atoms with Gasteiger partial charge in [0.25, 0.3) is 0 Å². The molecular weight excluding hydrogens is 210 g/mol. The Morgan fingerprint density at radius 1 is 1.33 bits per heavy atom. The van der Waals surface area contributed by atoms with E-state index in [1.807, 2.05) is 0 Å². The third-order valence-corrected chi connectivity index (χ3v) is 3.12. The molecule has 1 aliphatic carbocycles. The molecule has 0 spiro atoms. The Kier molecular flexibility index (Phi) is 1.92. The van der Waals surface area contributed by atoms with Crippen LogP contribution in [0.2, 0.25) is 0 Å². The molecule has 76 valence electrons. The van der Waals surface area contributed by atoms with Crippen molar-refractivity contribution in [1.29, 1.82) is 0 Å². The molecule has 0 bridgehead atoms. The van der Waals surface area contributed by atoms with Crippen molar-refractivity contribution in [2.75, 3.05) is 0 Å². The molecule has 2 aromatic heterocycles. The van der Waals surface area contributed by atoms with E-state index in [0.717, 1.165) is 28.4 Å². The second kappa shape index (κ2) is 3.27. The predicted molar refractivity (Wildman–Crippen MR) is 57.9 cm³/mol. The van der Waals surface area contributed by atoms with Gasteiger partial charge < -0.3 is 4.98 Å². The zero-order valence-corrected chi connectivity index (χ0v) is 8.75. The quantitative estimate of drug-likeness (QED) is 0.837. The number of rotatable bonds is 2.